The van der Waals surface area contributed by atoms with Crippen molar-refractivity contribution in [2.24, 2.45) is 5.92 Å². The molecule has 0 spiro atoms. The summed E-state index contributed by atoms with van der Waals surface area (Å²) in [6, 6.07) is 12.1. The van der Waals surface area contributed by atoms with Gasteiger partial charge < -0.3 is 9.47 Å². The first-order chi connectivity index (χ1) is 17.3. The van der Waals surface area contributed by atoms with Crippen LogP contribution in [0.25, 0.3) is 0 Å². The van der Waals surface area contributed by atoms with Gasteiger partial charge in [-0.25, -0.2) is 0 Å². The van der Waals surface area contributed by atoms with E-state index in [1.807, 2.05) is 6.07 Å². The number of benzene rings is 2. The Labute approximate surface area is 213 Å². The molecule has 2 fully saturated rings. The van der Waals surface area contributed by atoms with Crippen LogP contribution in [0, 0.1) is 12.8 Å². The summed E-state index contributed by atoms with van der Waals surface area (Å²) in [6.07, 6.45) is 5.06. The Balaban J connectivity index is 1.26. The minimum Gasteiger partial charge on any atom is -0.487 e. The number of ether oxygens (including phenoxy) is 2. The summed E-state index contributed by atoms with van der Waals surface area (Å²) >= 11 is 0. The molecule has 196 valence electrons. The summed E-state index contributed by atoms with van der Waals surface area (Å²) in [7, 11) is 0. The van der Waals surface area contributed by atoms with Gasteiger partial charge in [0.15, 0.2) is 0 Å². The molecule has 0 saturated heterocycles. The van der Waals surface area contributed by atoms with Crippen molar-refractivity contribution < 1.29 is 22.6 Å². The second-order valence-electron chi connectivity index (χ2n) is 11.5. The van der Waals surface area contributed by atoms with Crippen molar-refractivity contribution >= 4 is 0 Å². The van der Waals surface area contributed by atoms with E-state index in [2.05, 4.69) is 38.1 Å². The van der Waals surface area contributed by atoms with E-state index >= 15 is 0 Å². The molecule has 36 heavy (non-hydrogen) atoms. The maximum atomic E-state index is 14.2. The fraction of sp³-hybridized carbons (Fsp3) is 0.613. The highest BCUT2D eigenvalue weighted by atomic mass is 19.4. The van der Waals surface area contributed by atoms with Gasteiger partial charge in [-0.1, -0.05) is 42.8 Å². The average molecular weight is 501 g/mol. The van der Waals surface area contributed by atoms with Crippen molar-refractivity contribution in [3.05, 3.63) is 64.2 Å². The molecule has 0 N–H and O–H groups in total. The lowest BCUT2D eigenvalue weighted by Gasteiger charge is -2.33. The largest absolute Gasteiger partial charge is 0.487 e. The molecule has 0 aromatic heterocycles. The van der Waals surface area contributed by atoms with Gasteiger partial charge in [0.25, 0.3) is 0 Å². The minimum atomic E-state index is -4.43. The van der Waals surface area contributed by atoms with Crippen molar-refractivity contribution in [1.82, 2.24) is 0 Å². The van der Waals surface area contributed by atoms with Gasteiger partial charge in [-0.2, -0.15) is 13.2 Å². The second kappa shape index (κ2) is 10.8. The number of fused-ring (bicyclic) bond motifs is 1. The van der Waals surface area contributed by atoms with Gasteiger partial charge in [-0.3, -0.25) is 0 Å². The van der Waals surface area contributed by atoms with Gasteiger partial charge in [-0.15, -0.1) is 0 Å². The zero-order valence-electron chi connectivity index (χ0n) is 21.6. The predicted octanol–water partition coefficient (Wildman–Crippen LogP) is 8.74. The highest BCUT2D eigenvalue weighted by molar-refractivity contribution is 5.48. The maximum Gasteiger partial charge on any atom is 0.419 e. The molecular formula is C31H39F3O2. The van der Waals surface area contributed by atoms with Crippen LogP contribution in [0.1, 0.15) is 104 Å². The molecule has 1 unspecified atom stereocenters. The van der Waals surface area contributed by atoms with Crippen LogP contribution in [0.5, 0.6) is 5.75 Å². The SMILES string of the molecule is Cc1ccc(C2CCC(c3cc4c(c(C(F)(F)F)c3)OC(COC3CCC(C)CC3)CC4)CC2)cc1. The van der Waals surface area contributed by atoms with Gasteiger partial charge in [-0.05, 0) is 112 Å². The Morgan fingerprint density at radius 2 is 1.47 bits per heavy atom. The van der Waals surface area contributed by atoms with Crippen molar-refractivity contribution in [3.8, 4) is 5.75 Å². The molecule has 1 atom stereocenters. The molecule has 0 bridgehead atoms. The van der Waals surface area contributed by atoms with Crippen LogP contribution in [0.4, 0.5) is 13.2 Å². The van der Waals surface area contributed by atoms with E-state index in [1.54, 1.807) is 0 Å². The van der Waals surface area contributed by atoms with Crippen LogP contribution < -0.4 is 4.74 Å². The van der Waals surface area contributed by atoms with E-state index < -0.39 is 11.7 Å². The van der Waals surface area contributed by atoms with Crippen LogP contribution in [0.2, 0.25) is 0 Å². The van der Waals surface area contributed by atoms with E-state index in [1.165, 1.54) is 17.2 Å². The van der Waals surface area contributed by atoms with Crippen molar-refractivity contribution in [3.63, 3.8) is 0 Å². The molecule has 1 heterocycles. The molecular weight excluding hydrogens is 461 g/mol. The summed E-state index contributed by atoms with van der Waals surface area (Å²) < 4.78 is 54.6. The normalized spacial score (nSPS) is 28.9. The molecule has 5 rings (SSSR count). The number of rotatable bonds is 5. The molecule has 1 aliphatic heterocycles. The summed E-state index contributed by atoms with van der Waals surface area (Å²) in [5, 5.41) is 0. The first kappa shape index (κ1) is 25.6. The van der Waals surface area contributed by atoms with Gasteiger partial charge in [0.05, 0.1) is 18.3 Å². The van der Waals surface area contributed by atoms with Gasteiger partial charge in [0.2, 0.25) is 0 Å². The van der Waals surface area contributed by atoms with E-state index in [0.717, 1.165) is 62.8 Å². The van der Waals surface area contributed by atoms with Crippen molar-refractivity contribution in [1.29, 1.82) is 0 Å². The fourth-order valence-corrected chi connectivity index (χ4v) is 6.38. The molecule has 2 aromatic rings. The number of aryl methyl sites for hydroxylation is 2. The molecule has 3 aliphatic rings. The fourth-order valence-electron chi connectivity index (χ4n) is 6.38. The first-order valence-electron chi connectivity index (χ1n) is 13.8. The third kappa shape index (κ3) is 5.93. The summed E-state index contributed by atoms with van der Waals surface area (Å²) in [5.74, 6) is 1.45. The van der Waals surface area contributed by atoms with Crippen LogP contribution in [0.15, 0.2) is 36.4 Å². The zero-order valence-corrected chi connectivity index (χ0v) is 21.6. The lowest BCUT2D eigenvalue weighted by Crippen LogP contribution is -2.32. The van der Waals surface area contributed by atoms with E-state index in [4.69, 9.17) is 9.47 Å². The second-order valence-corrected chi connectivity index (χ2v) is 11.5. The van der Waals surface area contributed by atoms with Gasteiger partial charge in [0, 0.05) is 0 Å². The lowest BCUT2D eigenvalue weighted by molar-refractivity contribution is -0.140. The zero-order chi connectivity index (χ0) is 25.3. The van der Waals surface area contributed by atoms with Crippen LogP contribution in [-0.4, -0.2) is 18.8 Å². The van der Waals surface area contributed by atoms with Crippen molar-refractivity contribution in [2.75, 3.05) is 6.61 Å². The monoisotopic (exact) mass is 500 g/mol. The Bertz CT molecular complexity index is 1010. The number of hydrogen-bond acceptors (Lipinski definition) is 2. The number of halogens is 3. The highest BCUT2D eigenvalue weighted by Gasteiger charge is 2.39. The maximum absolute atomic E-state index is 14.2. The van der Waals surface area contributed by atoms with Crippen LogP contribution in [0.3, 0.4) is 0 Å². The molecule has 0 radical (unpaired) electrons. The number of hydrogen-bond donors (Lipinski definition) is 0. The summed E-state index contributed by atoms with van der Waals surface area (Å²) in [6.45, 7) is 4.73. The molecule has 5 heteroatoms. The van der Waals surface area contributed by atoms with Gasteiger partial charge >= 0.3 is 6.18 Å². The third-order valence-corrected chi connectivity index (χ3v) is 8.74. The standard InChI is InChI=1S/C31H39F3O2/c1-20-3-7-22(8-4-20)23-9-11-24(12-10-23)26-17-25-13-16-28(19-35-27-14-5-21(2)6-15-27)36-30(25)29(18-26)31(32,33)34/h3-4,7-8,17-18,21,23-24,27-28H,5-6,9-16,19H2,1-2H3. The van der Waals surface area contributed by atoms with Crippen molar-refractivity contribution in [2.45, 2.75) is 108 Å². The lowest BCUT2D eigenvalue weighted by atomic mass is 9.75. The molecule has 2 aliphatic carbocycles. The Morgan fingerprint density at radius 3 is 2.11 bits per heavy atom. The Morgan fingerprint density at radius 1 is 0.833 bits per heavy atom. The third-order valence-electron chi connectivity index (χ3n) is 8.74. The van der Waals surface area contributed by atoms with E-state index in [9.17, 15) is 13.2 Å². The Hall–Kier alpha value is -2.01. The summed E-state index contributed by atoms with van der Waals surface area (Å²) in [4.78, 5) is 0. The quantitative estimate of drug-likeness (QED) is 0.409. The predicted molar refractivity (Wildman–Crippen MR) is 137 cm³/mol. The molecule has 2 nitrogen and oxygen atoms in total. The smallest absolute Gasteiger partial charge is 0.419 e. The van der Waals surface area contributed by atoms with Gasteiger partial charge in [0.1, 0.15) is 11.9 Å². The topological polar surface area (TPSA) is 18.5 Å². The molecule has 0 amide bonds. The van der Waals surface area contributed by atoms with E-state index in [0.29, 0.717) is 30.9 Å². The molecule has 2 aromatic carbocycles. The minimum absolute atomic E-state index is 0.0386. The summed E-state index contributed by atoms with van der Waals surface area (Å²) in [5.41, 5.74) is 3.54. The molecule has 2 saturated carbocycles. The number of alkyl halides is 3. The first-order valence-corrected chi connectivity index (χ1v) is 13.8. The van der Waals surface area contributed by atoms with Crippen LogP contribution >= 0.6 is 0 Å². The highest BCUT2D eigenvalue weighted by Crippen LogP contribution is 2.46. The van der Waals surface area contributed by atoms with Crippen LogP contribution in [-0.2, 0) is 17.3 Å². The van der Waals surface area contributed by atoms with E-state index in [-0.39, 0.29) is 23.9 Å². The Kier molecular flexibility index (Phi) is 7.67. The average Bonchev–Trinajstić information content (AvgIpc) is 2.87.